The van der Waals surface area contributed by atoms with Gasteiger partial charge in [0, 0.05) is 24.0 Å². The minimum atomic E-state index is 0.517. The average molecular weight is 207 g/mol. The Morgan fingerprint density at radius 1 is 1.40 bits per heavy atom. The van der Waals surface area contributed by atoms with Crippen molar-refractivity contribution in [1.29, 1.82) is 0 Å². The number of nitrogen functional groups attached to an aromatic ring is 1. The van der Waals surface area contributed by atoms with Crippen LogP contribution in [0, 0.1) is 6.92 Å². The molecule has 3 heteroatoms. The highest BCUT2D eigenvalue weighted by Gasteiger charge is 2.03. The van der Waals surface area contributed by atoms with Gasteiger partial charge in [0.1, 0.15) is 0 Å². The van der Waals surface area contributed by atoms with Crippen LogP contribution < -0.4 is 11.1 Å². The Balaban J connectivity index is 2.55. The van der Waals surface area contributed by atoms with E-state index >= 15 is 0 Å². The predicted octanol–water partition coefficient (Wildman–Crippen LogP) is 1.94. The first-order valence-corrected chi connectivity index (χ1v) is 5.27. The molecule has 15 heavy (non-hydrogen) atoms. The van der Waals surface area contributed by atoms with Crippen molar-refractivity contribution >= 4 is 11.4 Å². The van der Waals surface area contributed by atoms with E-state index in [9.17, 15) is 0 Å². The summed E-state index contributed by atoms with van der Waals surface area (Å²) in [6.45, 7) is 5.16. The van der Waals surface area contributed by atoms with E-state index < -0.39 is 0 Å². The van der Waals surface area contributed by atoms with E-state index in [1.54, 1.807) is 0 Å². The van der Waals surface area contributed by atoms with Gasteiger partial charge in [-0.3, -0.25) is 0 Å². The molecular formula is C12H21N3. The van der Waals surface area contributed by atoms with Gasteiger partial charge >= 0.3 is 0 Å². The summed E-state index contributed by atoms with van der Waals surface area (Å²) in [6.07, 6.45) is 0. The van der Waals surface area contributed by atoms with Crippen molar-refractivity contribution in [1.82, 2.24) is 4.90 Å². The zero-order valence-corrected chi connectivity index (χ0v) is 10.0. The third-order valence-corrected chi connectivity index (χ3v) is 2.75. The van der Waals surface area contributed by atoms with Gasteiger partial charge in [-0.05, 0) is 51.7 Å². The van der Waals surface area contributed by atoms with Crippen LogP contribution in [0.1, 0.15) is 12.5 Å². The van der Waals surface area contributed by atoms with Crippen LogP contribution in [0.2, 0.25) is 0 Å². The van der Waals surface area contributed by atoms with E-state index in [1.807, 2.05) is 19.1 Å². The molecule has 0 aliphatic carbocycles. The molecule has 0 amide bonds. The molecule has 3 N–H and O–H groups in total. The average Bonchev–Trinajstić information content (AvgIpc) is 2.19. The molecule has 0 bridgehead atoms. The molecule has 1 rings (SSSR count). The predicted molar refractivity (Wildman–Crippen MR) is 67.2 cm³/mol. The largest absolute Gasteiger partial charge is 0.399 e. The monoisotopic (exact) mass is 207 g/mol. The smallest absolute Gasteiger partial charge is 0.0345 e. The summed E-state index contributed by atoms with van der Waals surface area (Å²) in [6, 6.07) is 6.56. The van der Waals surface area contributed by atoms with Crippen LogP contribution >= 0.6 is 0 Å². The third-order valence-electron chi connectivity index (χ3n) is 2.75. The van der Waals surface area contributed by atoms with Crippen LogP contribution in [-0.2, 0) is 0 Å². The van der Waals surface area contributed by atoms with Crippen LogP contribution in [0.15, 0.2) is 18.2 Å². The van der Waals surface area contributed by atoms with Crippen molar-refractivity contribution in [3.05, 3.63) is 23.8 Å². The Morgan fingerprint density at radius 3 is 2.60 bits per heavy atom. The molecule has 0 radical (unpaired) electrons. The topological polar surface area (TPSA) is 41.3 Å². The lowest BCUT2D eigenvalue weighted by molar-refractivity contribution is 0.326. The second kappa shape index (κ2) is 5.03. The lowest BCUT2D eigenvalue weighted by Gasteiger charge is -2.20. The molecule has 0 saturated carbocycles. The zero-order chi connectivity index (χ0) is 11.4. The second-order valence-corrected chi connectivity index (χ2v) is 4.26. The van der Waals surface area contributed by atoms with Gasteiger partial charge < -0.3 is 16.0 Å². The molecule has 1 aromatic carbocycles. The number of anilines is 2. The number of aryl methyl sites for hydroxylation is 1. The van der Waals surface area contributed by atoms with E-state index in [0.717, 1.165) is 23.5 Å². The van der Waals surface area contributed by atoms with Crippen molar-refractivity contribution in [2.45, 2.75) is 19.9 Å². The van der Waals surface area contributed by atoms with Crippen molar-refractivity contribution in [2.75, 3.05) is 31.7 Å². The number of nitrogens with one attached hydrogen (secondary N) is 1. The Morgan fingerprint density at radius 2 is 2.07 bits per heavy atom. The molecular weight excluding hydrogens is 186 g/mol. The first-order valence-electron chi connectivity index (χ1n) is 5.27. The molecule has 0 spiro atoms. The van der Waals surface area contributed by atoms with Crippen molar-refractivity contribution < 1.29 is 0 Å². The summed E-state index contributed by atoms with van der Waals surface area (Å²) >= 11 is 0. The first-order chi connectivity index (χ1) is 7.00. The van der Waals surface area contributed by atoms with Gasteiger partial charge in [0.05, 0.1) is 0 Å². The summed E-state index contributed by atoms with van der Waals surface area (Å²) in [5.74, 6) is 0. The number of nitrogens with zero attached hydrogens (tertiary/aromatic N) is 1. The van der Waals surface area contributed by atoms with Crippen LogP contribution in [0.4, 0.5) is 11.4 Å². The fraction of sp³-hybridized carbons (Fsp3) is 0.500. The lowest BCUT2D eigenvalue weighted by atomic mass is 10.2. The number of nitrogens with two attached hydrogens (primary N) is 1. The van der Waals surface area contributed by atoms with E-state index in [1.165, 1.54) is 0 Å². The second-order valence-electron chi connectivity index (χ2n) is 4.26. The van der Waals surface area contributed by atoms with Gasteiger partial charge in [0.2, 0.25) is 0 Å². The summed E-state index contributed by atoms with van der Waals surface area (Å²) in [7, 11) is 4.17. The summed E-state index contributed by atoms with van der Waals surface area (Å²) in [4.78, 5) is 2.19. The molecule has 1 aromatic rings. The van der Waals surface area contributed by atoms with Crippen LogP contribution in [0.3, 0.4) is 0 Å². The number of hydrogen-bond acceptors (Lipinski definition) is 3. The van der Waals surface area contributed by atoms with Gasteiger partial charge in [-0.25, -0.2) is 0 Å². The molecule has 0 aliphatic heterocycles. The molecule has 1 unspecified atom stereocenters. The third kappa shape index (κ3) is 3.44. The Bertz CT molecular complexity index is 321. The van der Waals surface area contributed by atoms with Gasteiger partial charge in [-0.1, -0.05) is 0 Å². The Labute approximate surface area is 92.3 Å². The molecule has 1 atom stereocenters. The number of likely N-dealkylation sites (N-methyl/N-ethyl adjacent to an activating group) is 1. The Hall–Kier alpha value is -1.22. The lowest BCUT2D eigenvalue weighted by Crippen LogP contribution is -2.31. The van der Waals surface area contributed by atoms with E-state index in [2.05, 4.69) is 37.3 Å². The summed E-state index contributed by atoms with van der Waals surface area (Å²) in [5, 5.41) is 3.40. The zero-order valence-electron chi connectivity index (χ0n) is 10.0. The fourth-order valence-electron chi connectivity index (χ4n) is 1.23. The highest BCUT2D eigenvalue weighted by molar-refractivity contribution is 5.56. The van der Waals surface area contributed by atoms with Crippen LogP contribution in [0.25, 0.3) is 0 Å². The maximum absolute atomic E-state index is 5.76. The molecule has 0 saturated heterocycles. The maximum atomic E-state index is 5.76. The molecule has 3 nitrogen and oxygen atoms in total. The van der Waals surface area contributed by atoms with Gasteiger partial charge in [0.15, 0.2) is 0 Å². The maximum Gasteiger partial charge on any atom is 0.0345 e. The molecule has 0 heterocycles. The van der Waals surface area contributed by atoms with Gasteiger partial charge in [-0.15, -0.1) is 0 Å². The molecule has 0 aromatic heterocycles. The van der Waals surface area contributed by atoms with Gasteiger partial charge in [0.25, 0.3) is 0 Å². The Kier molecular flexibility index (Phi) is 3.97. The van der Waals surface area contributed by atoms with Gasteiger partial charge in [-0.2, -0.15) is 0 Å². The first kappa shape index (κ1) is 11.9. The normalized spacial score (nSPS) is 12.9. The quantitative estimate of drug-likeness (QED) is 0.741. The van der Waals surface area contributed by atoms with E-state index in [-0.39, 0.29) is 0 Å². The minimum absolute atomic E-state index is 0.517. The van der Waals surface area contributed by atoms with Crippen LogP contribution in [-0.4, -0.2) is 31.6 Å². The van der Waals surface area contributed by atoms with Crippen molar-refractivity contribution in [3.8, 4) is 0 Å². The highest BCUT2D eigenvalue weighted by Crippen LogP contribution is 2.16. The standard InChI is InChI=1S/C12H21N3/c1-9-7-11(5-6-12(9)13)14-8-10(2)15(3)4/h5-7,10,14H,8,13H2,1-4H3. The molecule has 0 fully saturated rings. The summed E-state index contributed by atoms with van der Waals surface area (Å²) < 4.78 is 0. The van der Waals surface area contributed by atoms with Crippen LogP contribution in [0.5, 0.6) is 0 Å². The van der Waals surface area contributed by atoms with Crippen molar-refractivity contribution in [2.24, 2.45) is 0 Å². The van der Waals surface area contributed by atoms with E-state index in [4.69, 9.17) is 5.73 Å². The molecule has 0 aliphatic rings. The minimum Gasteiger partial charge on any atom is -0.399 e. The number of benzene rings is 1. The molecule has 84 valence electrons. The highest BCUT2D eigenvalue weighted by atomic mass is 15.1. The SMILES string of the molecule is Cc1cc(NCC(C)N(C)C)ccc1N. The van der Waals surface area contributed by atoms with Crippen molar-refractivity contribution in [3.63, 3.8) is 0 Å². The number of hydrogen-bond donors (Lipinski definition) is 2. The summed E-state index contributed by atoms with van der Waals surface area (Å²) in [5.41, 5.74) is 8.86. The number of rotatable bonds is 4. The van der Waals surface area contributed by atoms with E-state index in [0.29, 0.717) is 6.04 Å². The fourth-order valence-corrected chi connectivity index (χ4v) is 1.23.